The number of amides is 1. The van der Waals surface area contributed by atoms with Crippen LogP contribution in [0, 0.1) is 0 Å². The van der Waals surface area contributed by atoms with Crippen molar-refractivity contribution in [3.8, 4) is 11.5 Å². The van der Waals surface area contributed by atoms with Gasteiger partial charge in [-0.1, -0.05) is 19.8 Å². The van der Waals surface area contributed by atoms with Crippen molar-refractivity contribution in [2.75, 3.05) is 18.9 Å². The van der Waals surface area contributed by atoms with E-state index in [1.807, 2.05) is 6.92 Å². The van der Waals surface area contributed by atoms with E-state index < -0.39 is 0 Å². The highest BCUT2D eigenvalue weighted by Crippen LogP contribution is 2.29. The van der Waals surface area contributed by atoms with Crippen LogP contribution in [0.3, 0.4) is 0 Å². The first-order chi connectivity index (χ1) is 13.9. The number of aromatic nitrogens is 1. The molecule has 0 atom stereocenters. The van der Waals surface area contributed by atoms with Crippen molar-refractivity contribution in [3.63, 3.8) is 0 Å². The third-order valence-electron chi connectivity index (χ3n) is 4.65. The highest BCUT2D eigenvalue weighted by atomic mass is 16.5. The zero-order valence-corrected chi connectivity index (χ0v) is 17.1. The first kappa shape index (κ1) is 22.2. The molecule has 0 fully saturated rings. The van der Waals surface area contributed by atoms with Crippen molar-refractivity contribution in [3.05, 3.63) is 47.2 Å². The Bertz CT molecular complexity index is 835. The van der Waals surface area contributed by atoms with Gasteiger partial charge in [-0.15, -0.1) is 0 Å². The van der Waals surface area contributed by atoms with Crippen LogP contribution in [-0.2, 0) is 6.42 Å². The number of anilines is 1. The molecule has 1 aromatic heterocycles. The number of unbranched alkanes of at least 4 members (excludes halogenated alkanes) is 3. The third-order valence-corrected chi connectivity index (χ3v) is 4.65. The van der Waals surface area contributed by atoms with E-state index in [-0.39, 0.29) is 17.4 Å². The Labute approximate surface area is 171 Å². The summed E-state index contributed by atoms with van der Waals surface area (Å²) in [6.45, 7) is 4.58. The molecule has 2 rings (SSSR count). The molecule has 1 heterocycles. The molecule has 0 unspecified atom stereocenters. The van der Waals surface area contributed by atoms with Crippen LogP contribution in [0.5, 0.6) is 11.5 Å². The predicted molar refractivity (Wildman–Crippen MR) is 111 cm³/mol. The van der Waals surface area contributed by atoms with Gasteiger partial charge in [0, 0.05) is 18.7 Å². The second-order valence-electron chi connectivity index (χ2n) is 6.94. The molecule has 0 radical (unpaired) electrons. The van der Waals surface area contributed by atoms with E-state index in [2.05, 4.69) is 10.3 Å². The minimum Gasteiger partial charge on any atom is -0.507 e. The molecule has 7 nitrogen and oxygen atoms in total. The van der Waals surface area contributed by atoms with Crippen molar-refractivity contribution < 1.29 is 24.4 Å². The van der Waals surface area contributed by atoms with Crippen LogP contribution in [0.4, 0.5) is 5.82 Å². The van der Waals surface area contributed by atoms with Crippen molar-refractivity contribution in [2.45, 2.75) is 46.0 Å². The zero-order chi connectivity index (χ0) is 21.2. The number of phenolic OH excluding ortho intramolecular Hbond substituents is 1. The Kier molecular flexibility index (Phi) is 8.45. The number of aryl methyl sites for hydroxylation is 1. The topological polar surface area (TPSA) is 116 Å². The Morgan fingerprint density at radius 1 is 1.17 bits per heavy atom. The van der Waals surface area contributed by atoms with E-state index in [1.165, 1.54) is 13.0 Å². The number of aromatic hydroxyl groups is 1. The summed E-state index contributed by atoms with van der Waals surface area (Å²) in [5, 5.41) is 12.9. The number of carbonyl (C=O) groups excluding carboxylic acids is 2. The van der Waals surface area contributed by atoms with Crippen LogP contribution < -0.4 is 20.8 Å². The minimum atomic E-state index is -0.162. The fraction of sp³-hybridized carbons (Fsp3) is 0.409. The van der Waals surface area contributed by atoms with Crippen molar-refractivity contribution in [1.82, 2.24) is 5.32 Å². The maximum atomic E-state index is 12.0. The van der Waals surface area contributed by atoms with Gasteiger partial charge in [0.05, 0.1) is 17.7 Å². The molecule has 7 heteroatoms. The maximum Gasteiger partial charge on any atom is 0.270 e. The SMILES string of the molecule is CCc1cc(C(C)=O)c(O)cc1OCCCCCCNC(=O)c1ccc(N)[nH+]c1. The quantitative estimate of drug-likeness (QED) is 0.396. The molecule has 1 aromatic carbocycles. The first-order valence-corrected chi connectivity index (χ1v) is 9.97. The van der Waals surface area contributed by atoms with Crippen LogP contribution in [0.2, 0.25) is 0 Å². The normalized spacial score (nSPS) is 10.6. The molecule has 156 valence electrons. The van der Waals surface area contributed by atoms with E-state index in [4.69, 9.17) is 10.5 Å². The van der Waals surface area contributed by atoms with Crippen LogP contribution in [0.15, 0.2) is 30.5 Å². The maximum absolute atomic E-state index is 12.0. The van der Waals surface area contributed by atoms with Gasteiger partial charge in [-0.2, -0.15) is 0 Å². The number of nitrogens with two attached hydrogens (primary N) is 1. The second-order valence-corrected chi connectivity index (χ2v) is 6.94. The fourth-order valence-electron chi connectivity index (χ4n) is 2.95. The fourth-order valence-corrected chi connectivity index (χ4v) is 2.95. The van der Waals surface area contributed by atoms with Crippen molar-refractivity contribution in [2.24, 2.45) is 0 Å². The van der Waals surface area contributed by atoms with E-state index in [0.717, 1.165) is 37.7 Å². The first-order valence-electron chi connectivity index (χ1n) is 9.97. The summed E-state index contributed by atoms with van der Waals surface area (Å²) in [5.41, 5.74) is 7.36. The number of rotatable bonds is 11. The predicted octanol–water partition coefficient (Wildman–Crippen LogP) is 2.92. The number of pyridine rings is 1. The molecular formula is C22H30N3O4+. The molecular weight excluding hydrogens is 370 g/mol. The third kappa shape index (κ3) is 6.78. The molecule has 5 N–H and O–H groups in total. The number of H-pyrrole nitrogens is 1. The van der Waals surface area contributed by atoms with E-state index in [1.54, 1.807) is 24.4 Å². The number of carbonyl (C=O) groups is 2. The lowest BCUT2D eigenvalue weighted by atomic mass is 10.0. The van der Waals surface area contributed by atoms with Gasteiger partial charge in [-0.3, -0.25) is 15.3 Å². The molecule has 0 saturated heterocycles. The molecule has 0 saturated carbocycles. The Hall–Kier alpha value is -3.09. The number of Topliss-reactive ketones (excluding diaryl/α,β-unsaturated/α-hetero) is 1. The smallest absolute Gasteiger partial charge is 0.270 e. The van der Waals surface area contributed by atoms with Crippen LogP contribution in [-0.4, -0.2) is 29.9 Å². The Morgan fingerprint density at radius 3 is 2.59 bits per heavy atom. The van der Waals surface area contributed by atoms with Gasteiger partial charge in [-0.25, -0.2) is 4.98 Å². The van der Waals surface area contributed by atoms with Crippen LogP contribution in [0.25, 0.3) is 0 Å². The molecule has 0 aliphatic carbocycles. The standard InChI is InChI=1S/C22H29N3O4/c1-3-16-12-18(15(2)26)19(27)13-20(16)29-11-7-5-4-6-10-24-22(28)17-8-9-21(23)25-14-17/h8-9,12-14,27H,3-7,10-11H2,1-2H3,(H2,23,25)(H,24,28)/p+1. The average Bonchev–Trinajstić information content (AvgIpc) is 2.70. The summed E-state index contributed by atoms with van der Waals surface area (Å²) in [5.74, 6) is 0.817. The van der Waals surface area contributed by atoms with Crippen molar-refractivity contribution in [1.29, 1.82) is 0 Å². The number of nitrogen functional groups attached to an aromatic ring is 1. The molecule has 1 amide bonds. The number of hydrogen-bond acceptors (Lipinski definition) is 5. The highest BCUT2D eigenvalue weighted by Gasteiger charge is 2.12. The molecule has 0 spiro atoms. The van der Waals surface area contributed by atoms with E-state index in [0.29, 0.717) is 35.8 Å². The average molecular weight is 400 g/mol. The lowest BCUT2D eigenvalue weighted by Gasteiger charge is -2.13. The van der Waals surface area contributed by atoms with Crippen LogP contribution >= 0.6 is 0 Å². The number of hydrogen-bond donors (Lipinski definition) is 3. The van der Waals surface area contributed by atoms with Gasteiger partial charge < -0.3 is 15.2 Å². The lowest BCUT2D eigenvalue weighted by molar-refractivity contribution is -0.360. The van der Waals surface area contributed by atoms with Gasteiger partial charge in [0.1, 0.15) is 17.7 Å². The summed E-state index contributed by atoms with van der Waals surface area (Å²) < 4.78 is 5.80. The lowest BCUT2D eigenvalue weighted by Crippen LogP contribution is -2.26. The van der Waals surface area contributed by atoms with Crippen LogP contribution in [0.1, 0.15) is 65.8 Å². The molecule has 0 bridgehead atoms. The molecule has 2 aromatic rings. The number of benzene rings is 1. The van der Waals surface area contributed by atoms with Gasteiger partial charge in [0.2, 0.25) is 0 Å². The number of phenols is 1. The number of ketones is 1. The number of aromatic amines is 1. The highest BCUT2D eigenvalue weighted by molar-refractivity contribution is 5.97. The Morgan fingerprint density at radius 2 is 1.93 bits per heavy atom. The second kappa shape index (κ2) is 11.0. The minimum absolute atomic E-state index is 0.0425. The number of nitrogens with one attached hydrogen (secondary N) is 2. The van der Waals surface area contributed by atoms with Crippen molar-refractivity contribution >= 4 is 17.5 Å². The summed E-state index contributed by atoms with van der Waals surface area (Å²) >= 11 is 0. The Balaban J connectivity index is 1.65. The summed E-state index contributed by atoms with van der Waals surface area (Å²) in [6, 6.07) is 6.57. The number of ether oxygens (including phenoxy) is 1. The van der Waals surface area contributed by atoms with E-state index in [9.17, 15) is 14.7 Å². The van der Waals surface area contributed by atoms with Gasteiger partial charge in [0.15, 0.2) is 5.78 Å². The van der Waals surface area contributed by atoms with Gasteiger partial charge in [-0.05, 0) is 43.9 Å². The molecule has 0 aliphatic heterocycles. The summed E-state index contributed by atoms with van der Waals surface area (Å²) in [6.07, 6.45) is 6.03. The molecule has 29 heavy (non-hydrogen) atoms. The summed E-state index contributed by atoms with van der Waals surface area (Å²) in [4.78, 5) is 26.3. The monoisotopic (exact) mass is 400 g/mol. The van der Waals surface area contributed by atoms with Gasteiger partial charge >= 0.3 is 0 Å². The van der Waals surface area contributed by atoms with E-state index >= 15 is 0 Å². The van der Waals surface area contributed by atoms with Gasteiger partial charge in [0.25, 0.3) is 11.7 Å². The largest absolute Gasteiger partial charge is 0.507 e. The summed E-state index contributed by atoms with van der Waals surface area (Å²) in [7, 11) is 0. The molecule has 0 aliphatic rings. The zero-order valence-electron chi connectivity index (χ0n) is 17.1.